The lowest BCUT2D eigenvalue weighted by Gasteiger charge is -2.36. The summed E-state index contributed by atoms with van der Waals surface area (Å²) in [5.74, 6) is 2.51. The smallest absolute Gasteiger partial charge is 0.353 e. The normalized spacial score (nSPS) is 16.3. The number of hydrogen-bond acceptors (Lipinski definition) is 10. The lowest BCUT2D eigenvalue weighted by molar-refractivity contribution is -0.137. The van der Waals surface area contributed by atoms with Gasteiger partial charge in [-0.25, -0.2) is 4.98 Å². The van der Waals surface area contributed by atoms with Crippen molar-refractivity contribution < 1.29 is 13.2 Å². The number of alkyl halides is 3. The third-order valence-corrected chi connectivity index (χ3v) is 6.23. The Bertz CT molecular complexity index is 1430. The average molecular weight is 512 g/mol. The van der Waals surface area contributed by atoms with Crippen molar-refractivity contribution in [1.82, 2.24) is 34.5 Å². The lowest BCUT2D eigenvalue weighted by atomic mass is 10.2. The molecule has 1 aliphatic carbocycles. The predicted molar refractivity (Wildman–Crippen MR) is 131 cm³/mol. The van der Waals surface area contributed by atoms with E-state index in [0.29, 0.717) is 49.9 Å². The van der Waals surface area contributed by atoms with Crippen molar-refractivity contribution in [1.29, 1.82) is 0 Å². The Balaban J connectivity index is 1.23. The van der Waals surface area contributed by atoms with Gasteiger partial charge in [0.25, 0.3) is 5.78 Å². The molecule has 192 valence electrons. The van der Waals surface area contributed by atoms with Crippen LogP contribution in [-0.2, 0) is 6.18 Å². The van der Waals surface area contributed by atoms with E-state index in [9.17, 15) is 13.2 Å². The number of benzene rings is 1. The maximum atomic E-state index is 13.2. The van der Waals surface area contributed by atoms with E-state index in [1.807, 2.05) is 17.9 Å². The summed E-state index contributed by atoms with van der Waals surface area (Å²) >= 11 is 0. The van der Waals surface area contributed by atoms with Crippen molar-refractivity contribution >= 4 is 35.1 Å². The van der Waals surface area contributed by atoms with Gasteiger partial charge in [0, 0.05) is 49.7 Å². The molecule has 4 heterocycles. The SMILES string of the molecule is Cc1cc(N2CCN(c3nc(Nc4cccc(C(F)(F)F)c4)nc(NC4CC4)n3)CC2)n2ncnc2n1. The molecule has 0 unspecified atom stereocenters. The molecule has 1 saturated heterocycles. The van der Waals surface area contributed by atoms with Crippen LogP contribution in [0.15, 0.2) is 36.7 Å². The standard InChI is InChI=1S/C23H24F3N11/c1-14-11-18(37-21(29-14)27-13-28-37)35-7-9-36(10-8-35)22-33-19(30-16-5-6-16)32-20(34-22)31-17-4-2-3-15(12-17)23(24,25)26/h2-4,11-13,16H,5-10H2,1H3,(H2,30,31,32,33,34). The van der Waals surface area contributed by atoms with E-state index >= 15 is 0 Å². The number of fused-ring (bicyclic) bond motifs is 1. The molecular formula is C23H24F3N11. The molecule has 14 heteroatoms. The van der Waals surface area contributed by atoms with Gasteiger partial charge in [-0.3, -0.25) is 0 Å². The minimum absolute atomic E-state index is 0.184. The number of rotatable bonds is 6. The summed E-state index contributed by atoms with van der Waals surface area (Å²) in [6.45, 7) is 4.56. The van der Waals surface area contributed by atoms with E-state index in [0.717, 1.165) is 36.5 Å². The van der Waals surface area contributed by atoms with Crippen molar-refractivity contribution in [2.45, 2.75) is 32.0 Å². The molecule has 2 aliphatic rings. The number of anilines is 5. The first-order chi connectivity index (χ1) is 17.8. The number of nitrogens with zero attached hydrogens (tertiary/aromatic N) is 9. The highest BCUT2D eigenvalue weighted by molar-refractivity contribution is 5.58. The van der Waals surface area contributed by atoms with E-state index in [1.165, 1.54) is 12.4 Å². The zero-order valence-corrected chi connectivity index (χ0v) is 19.9. The Morgan fingerprint density at radius 1 is 0.919 bits per heavy atom. The van der Waals surface area contributed by atoms with Crippen LogP contribution >= 0.6 is 0 Å². The van der Waals surface area contributed by atoms with Crippen molar-refractivity contribution in [2.24, 2.45) is 0 Å². The van der Waals surface area contributed by atoms with Gasteiger partial charge >= 0.3 is 6.18 Å². The molecule has 0 spiro atoms. The molecule has 0 bridgehead atoms. The summed E-state index contributed by atoms with van der Waals surface area (Å²) in [4.78, 5) is 26.4. The van der Waals surface area contributed by atoms with E-state index < -0.39 is 11.7 Å². The van der Waals surface area contributed by atoms with Crippen LogP contribution < -0.4 is 20.4 Å². The molecule has 4 aromatic rings. The Morgan fingerprint density at radius 2 is 1.68 bits per heavy atom. The molecule has 1 aliphatic heterocycles. The largest absolute Gasteiger partial charge is 0.416 e. The second-order valence-corrected chi connectivity index (χ2v) is 9.11. The summed E-state index contributed by atoms with van der Waals surface area (Å²) in [5, 5.41) is 10.5. The van der Waals surface area contributed by atoms with Crippen LogP contribution in [-0.4, -0.2) is 66.8 Å². The van der Waals surface area contributed by atoms with Crippen LogP contribution in [0.3, 0.4) is 0 Å². The monoisotopic (exact) mass is 511 g/mol. The third-order valence-electron chi connectivity index (χ3n) is 6.23. The lowest BCUT2D eigenvalue weighted by Crippen LogP contribution is -2.47. The molecule has 37 heavy (non-hydrogen) atoms. The minimum Gasteiger partial charge on any atom is -0.353 e. The fourth-order valence-electron chi connectivity index (χ4n) is 4.21. The van der Waals surface area contributed by atoms with Gasteiger partial charge in [0.1, 0.15) is 12.1 Å². The number of halogens is 3. The molecule has 2 N–H and O–H groups in total. The molecule has 2 fully saturated rings. The van der Waals surface area contributed by atoms with Gasteiger partial charge < -0.3 is 20.4 Å². The van der Waals surface area contributed by atoms with E-state index in [2.05, 4.69) is 45.6 Å². The molecule has 3 aromatic heterocycles. The topological polar surface area (TPSA) is 112 Å². The molecule has 1 aromatic carbocycles. The average Bonchev–Trinajstić information content (AvgIpc) is 3.56. The van der Waals surface area contributed by atoms with Crippen LogP contribution in [0.4, 0.5) is 42.5 Å². The molecule has 11 nitrogen and oxygen atoms in total. The first-order valence-electron chi connectivity index (χ1n) is 12.0. The number of aryl methyl sites for hydroxylation is 1. The van der Waals surface area contributed by atoms with Gasteiger partial charge in [0.15, 0.2) is 0 Å². The maximum Gasteiger partial charge on any atom is 0.416 e. The molecular weight excluding hydrogens is 487 g/mol. The van der Waals surface area contributed by atoms with E-state index in [-0.39, 0.29) is 11.6 Å². The highest BCUT2D eigenvalue weighted by Gasteiger charge is 2.31. The van der Waals surface area contributed by atoms with Crippen LogP contribution in [0.2, 0.25) is 0 Å². The highest BCUT2D eigenvalue weighted by atomic mass is 19.4. The zero-order valence-electron chi connectivity index (χ0n) is 19.9. The second kappa shape index (κ2) is 9.01. The molecule has 1 saturated carbocycles. The summed E-state index contributed by atoms with van der Waals surface area (Å²) in [7, 11) is 0. The van der Waals surface area contributed by atoms with Gasteiger partial charge in [0.05, 0.1) is 5.56 Å². The Labute approximate surface area is 209 Å². The predicted octanol–water partition coefficient (Wildman–Crippen LogP) is 3.28. The van der Waals surface area contributed by atoms with E-state index in [4.69, 9.17) is 0 Å². The van der Waals surface area contributed by atoms with Gasteiger partial charge in [-0.1, -0.05) is 6.07 Å². The fourth-order valence-corrected chi connectivity index (χ4v) is 4.21. The quantitative estimate of drug-likeness (QED) is 0.400. The van der Waals surface area contributed by atoms with Crippen LogP contribution in [0.25, 0.3) is 5.78 Å². The van der Waals surface area contributed by atoms with E-state index in [1.54, 1.807) is 10.6 Å². The van der Waals surface area contributed by atoms with Crippen molar-refractivity contribution in [3.63, 3.8) is 0 Å². The van der Waals surface area contributed by atoms with Gasteiger partial charge in [0.2, 0.25) is 17.8 Å². The summed E-state index contributed by atoms with van der Waals surface area (Å²) in [6, 6.07) is 7.25. The van der Waals surface area contributed by atoms with Crippen molar-refractivity contribution in [2.75, 3.05) is 46.6 Å². The number of piperazine rings is 1. The minimum atomic E-state index is -4.44. The molecule has 6 rings (SSSR count). The summed E-state index contributed by atoms with van der Waals surface area (Å²) in [6.07, 6.45) is -0.901. The van der Waals surface area contributed by atoms with Crippen LogP contribution in [0, 0.1) is 6.92 Å². The number of aromatic nitrogens is 7. The third kappa shape index (κ3) is 5.04. The van der Waals surface area contributed by atoms with Crippen molar-refractivity contribution in [3.8, 4) is 0 Å². The molecule has 0 amide bonds. The Hall–Kier alpha value is -4.23. The number of nitrogens with one attached hydrogen (secondary N) is 2. The highest BCUT2D eigenvalue weighted by Crippen LogP contribution is 2.32. The van der Waals surface area contributed by atoms with Gasteiger partial charge in [-0.2, -0.15) is 42.7 Å². The molecule has 0 radical (unpaired) electrons. The fraction of sp³-hybridized carbons (Fsp3) is 0.391. The first kappa shape index (κ1) is 23.2. The van der Waals surface area contributed by atoms with Crippen LogP contribution in [0.5, 0.6) is 0 Å². The zero-order chi connectivity index (χ0) is 25.6. The van der Waals surface area contributed by atoms with Crippen molar-refractivity contribution in [3.05, 3.63) is 47.9 Å². The first-order valence-corrected chi connectivity index (χ1v) is 12.0. The molecule has 0 atom stereocenters. The van der Waals surface area contributed by atoms with Crippen LogP contribution in [0.1, 0.15) is 24.1 Å². The number of hydrogen-bond donors (Lipinski definition) is 2. The Kier molecular flexibility index (Phi) is 5.65. The van der Waals surface area contributed by atoms with Gasteiger partial charge in [-0.05, 0) is 38.0 Å². The maximum absolute atomic E-state index is 13.2. The summed E-state index contributed by atoms with van der Waals surface area (Å²) < 4.78 is 41.2. The van der Waals surface area contributed by atoms with Gasteiger partial charge in [-0.15, -0.1) is 0 Å². The summed E-state index contributed by atoms with van der Waals surface area (Å²) in [5.41, 5.74) is 0.364. The second-order valence-electron chi connectivity index (χ2n) is 9.11. The Morgan fingerprint density at radius 3 is 2.43 bits per heavy atom.